The summed E-state index contributed by atoms with van der Waals surface area (Å²) in [5.74, 6) is 1.42. The fourth-order valence-electron chi connectivity index (χ4n) is 2.20. The summed E-state index contributed by atoms with van der Waals surface area (Å²) in [5, 5.41) is 2.01. The first-order chi connectivity index (χ1) is 10.2. The van der Waals surface area contributed by atoms with Crippen LogP contribution in [0.3, 0.4) is 0 Å². The van der Waals surface area contributed by atoms with Crippen LogP contribution in [0.4, 0.5) is 5.69 Å². The van der Waals surface area contributed by atoms with Crippen molar-refractivity contribution in [2.75, 3.05) is 25.5 Å². The number of benzene rings is 1. The van der Waals surface area contributed by atoms with Crippen LogP contribution in [0.1, 0.15) is 5.69 Å². The van der Waals surface area contributed by atoms with Crippen LogP contribution >= 0.6 is 11.3 Å². The van der Waals surface area contributed by atoms with Gasteiger partial charge in [-0.3, -0.25) is 4.40 Å². The Morgan fingerprint density at radius 3 is 3.00 bits per heavy atom. The van der Waals surface area contributed by atoms with Crippen molar-refractivity contribution in [3.8, 4) is 11.6 Å². The SMILES string of the molecule is CN(C)c1cccc(Oc2nc3sccn3c2CCN)c1. The van der Waals surface area contributed by atoms with Crippen LogP contribution in [0.5, 0.6) is 11.6 Å². The molecule has 5 nitrogen and oxygen atoms in total. The molecule has 0 fully saturated rings. The zero-order chi connectivity index (χ0) is 14.8. The first kappa shape index (κ1) is 13.9. The highest BCUT2D eigenvalue weighted by Crippen LogP contribution is 2.29. The van der Waals surface area contributed by atoms with Gasteiger partial charge in [0.05, 0.1) is 5.69 Å². The average Bonchev–Trinajstić information content (AvgIpc) is 3.03. The smallest absolute Gasteiger partial charge is 0.242 e. The van der Waals surface area contributed by atoms with E-state index in [-0.39, 0.29) is 0 Å². The van der Waals surface area contributed by atoms with Gasteiger partial charge < -0.3 is 15.4 Å². The van der Waals surface area contributed by atoms with Gasteiger partial charge in [-0.25, -0.2) is 0 Å². The number of anilines is 1. The number of nitrogens with two attached hydrogens (primary N) is 1. The van der Waals surface area contributed by atoms with Gasteiger partial charge in [-0.05, 0) is 18.7 Å². The number of imidazole rings is 1. The number of nitrogens with zero attached hydrogens (tertiary/aromatic N) is 3. The Morgan fingerprint density at radius 2 is 2.24 bits per heavy atom. The number of ether oxygens (including phenoxy) is 1. The van der Waals surface area contributed by atoms with Crippen LogP contribution in [0.2, 0.25) is 0 Å². The topological polar surface area (TPSA) is 55.8 Å². The minimum Gasteiger partial charge on any atom is -0.437 e. The van der Waals surface area contributed by atoms with Crippen molar-refractivity contribution < 1.29 is 4.74 Å². The van der Waals surface area contributed by atoms with Crippen LogP contribution in [-0.4, -0.2) is 30.0 Å². The third-order valence-corrected chi connectivity index (χ3v) is 4.01. The molecule has 3 aromatic rings. The average molecular weight is 302 g/mol. The molecule has 0 saturated carbocycles. The molecule has 2 heterocycles. The maximum atomic E-state index is 5.99. The molecule has 0 radical (unpaired) electrons. The number of fused-ring (bicyclic) bond motifs is 1. The number of rotatable bonds is 5. The second kappa shape index (κ2) is 5.75. The summed E-state index contributed by atoms with van der Waals surface area (Å²) in [6, 6.07) is 7.96. The van der Waals surface area contributed by atoms with Gasteiger partial charge in [-0.1, -0.05) is 6.07 Å². The van der Waals surface area contributed by atoms with Crippen LogP contribution in [0, 0.1) is 0 Å². The molecular formula is C15H18N4OS. The monoisotopic (exact) mass is 302 g/mol. The van der Waals surface area contributed by atoms with Crippen molar-refractivity contribution >= 4 is 22.0 Å². The minimum atomic E-state index is 0.567. The van der Waals surface area contributed by atoms with Crippen molar-refractivity contribution in [1.82, 2.24) is 9.38 Å². The Balaban J connectivity index is 1.95. The maximum Gasteiger partial charge on any atom is 0.242 e. The van der Waals surface area contributed by atoms with Crippen LogP contribution in [0.15, 0.2) is 35.8 Å². The van der Waals surface area contributed by atoms with E-state index in [1.54, 1.807) is 11.3 Å². The third-order valence-electron chi connectivity index (χ3n) is 3.25. The molecule has 0 saturated heterocycles. The summed E-state index contributed by atoms with van der Waals surface area (Å²) >= 11 is 1.59. The highest BCUT2D eigenvalue weighted by atomic mass is 32.1. The molecule has 21 heavy (non-hydrogen) atoms. The molecule has 0 atom stereocenters. The lowest BCUT2D eigenvalue weighted by Gasteiger charge is -2.13. The van der Waals surface area contributed by atoms with E-state index in [1.165, 1.54) is 0 Å². The Hall–Kier alpha value is -2.05. The summed E-state index contributed by atoms with van der Waals surface area (Å²) < 4.78 is 8.03. The van der Waals surface area contributed by atoms with Gasteiger partial charge in [-0.2, -0.15) is 4.98 Å². The highest BCUT2D eigenvalue weighted by Gasteiger charge is 2.14. The molecular weight excluding hydrogens is 284 g/mol. The zero-order valence-corrected chi connectivity index (χ0v) is 12.9. The first-order valence-corrected chi connectivity index (χ1v) is 7.66. The van der Waals surface area contributed by atoms with Gasteiger partial charge in [0, 0.05) is 43.8 Å². The van der Waals surface area contributed by atoms with Crippen molar-refractivity contribution in [2.45, 2.75) is 6.42 Å². The van der Waals surface area contributed by atoms with Crippen LogP contribution in [-0.2, 0) is 6.42 Å². The molecule has 0 spiro atoms. The van der Waals surface area contributed by atoms with E-state index in [4.69, 9.17) is 10.5 Å². The fraction of sp³-hybridized carbons (Fsp3) is 0.267. The molecule has 0 bridgehead atoms. The van der Waals surface area contributed by atoms with Gasteiger partial charge in [0.1, 0.15) is 5.75 Å². The summed E-state index contributed by atoms with van der Waals surface area (Å²) in [6.45, 7) is 0.567. The molecule has 0 aliphatic carbocycles. The van der Waals surface area contributed by atoms with E-state index in [1.807, 2.05) is 59.2 Å². The Labute approximate surface area is 127 Å². The number of hydrogen-bond acceptors (Lipinski definition) is 5. The fourth-order valence-corrected chi connectivity index (χ4v) is 2.92. The molecule has 2 N–H and O–H groups in total. The van der Waals surface area contributed by atoms with Gasteiger partial charge in [0.25, 0.3) is 0 Å². The van der Waals surface area contributed by atoms with Gasteiger partial charge >= 0.3 is 0 Å². The highest BCUT2D eigenvalue weighted by molar-refractivity contribution is 7.15. The molecule has 6 heteroatoms. The maximum absolute atomic E-state index is 5.99. The molecule has 0 unspecified atom stereocenters. The van der Waals surface area contributed by atoms with Crippen molar-refractivity contribution in [3.05, 3.63) is 41.5 Å². The predicted octanol–water partition coefficient (Wildman–Crippen LogP) is 2.76. The van der Waals surface area contributed by atoms with E-state index in [9.17, 15) is 0 Å². The summed E-state index contributed by atoms with van der Waals surface area (Å²) in [5.41, 5.74) is 7.81. The second-order valence-corrected chi connectivity index (χ2v) is 5.82. The molecule has 110 valence electrons. The normalized spacial score (nSPS) is 11.0. The second-order valence-electron chi connectivity index (χ2n) is 4.95. The van der Waals surface area contributed by atoms with Crippen LogP contribution in [0.25, 0.3) is 4.96 Å². The van der Waals surface area contributed by atoms with Gasteiger partial charge in [-0.15, -0.1) is 11.3 Å². The quantitative estimate of drug-likeness (QED) is 0.787. The van der Waals surface area contributed by atoms with Crippen molar-refractivity contribution in [3.63, 3.8) is 0 Å². The lowest BCUT2D eigenvalue weighted by atomic mass is 10.3. The Morgan fingerprint density at radius 1 is 1.38 bits per heavy atom. The minimum absolute atomic E-state index is 0.567. The first-order valence-electron chi connectivity index (χ1n) is 6.79. The predicted molar refractivity (Wildman–Crippen MR) is 86.7 cm³/mol. The summed E-state index contributed by atoms with van der Waals surface area (Å²) in [7, 11) is 4.01. The molecule has 3 rings (SSSR count). The zero-order valence-electron chi connectivity index (χ0n) is 12.1. The Kier molecular flexibility index (Phi) is 3.81. The van der Waals surface area contributed by atoms with E-state index in [0.29, 0.717) is 12.4 Å². The summed E-state index contributed by atoms with van der Waals surface area (Å²) in [4.78, 5) is 7.52. The lowest BCUT2D eigenvalue weighted by Crippen LogP contribution is -2.08. The Bertz CT molecular complexity index is 747. The van der Waals surface area contributed by atoms with Crippen LogP contribution < -0.4 is 15.4 Å². The molecule has 0 amide bonds. The van der Waals surface area contributed by atoms with E-state index in [0.717, 1.165) is 28.5 Å². The molecule has 0 aliphatic rings. The molecule has 1 aromatic carbocycles. The number of thiazole rings is 1. The third kappa shape index (κ3) is 2.72. The molecule has 0 aliphatic heterocycles. The van der Waals surface area contributed by atoms with Gasteiger partial charge in [0.15, 0.2) is 4.96 Å². The van der Waals surface area contributed by atoms with E-state index < -0.39 is 0 Å². The molecule has 2 aromatic heterocycles. The number of aromatic nitrogens is 2. The standard InChI is InChI=1S/C15H18N4OS/c1-18(2)11-4-3-5-12(10-11)20-14-13(6-7-16)19-8-9-21-15(19)17-14/h3-5,8-10H,6-7,16H2,1-2H3. The van der Waals surface area contributed by atoms with E-state index in [2.05, 4.69) is 4.98 Å². The van der Waals surface area contributed by atoms with Crippen molar-refractivity contribution in [1.29, 1.82) is 0 Å². The largest absolute Gasteiger partial charge is 0.437 e. The van der Waals surface area contributed by atoms with E-state index >= 15 is 0 Å². The van der Waals surface area contributed by atoms with Crippen molar-refractivity contribution in [2.24, 2.45) is 5.73 Å². The lowest BCUT2D eigenvalue weighted by molar-refractivity contribution is 0.459. The van der Waals surface area contributed by atoms with Gasteiger partial charge in [0.2, 0.25) is 5.88 Å². The number of hydrogen-bond donors (Lipinski definition) is 1. The summed E-state index contributed by atoms with van der Waals surface area (Å²) in [6.07, 6.45) is 2.74.